The number of para-hydroxylation sites is 1. The number of rotatable bonds is 8. The molecule has 2 aromatic carbocycles. The summed E-state index contributed by atoms with van der Waals surface area (Å²) >= 11 is 0. The SMILES string of the molecule is CN(CCCNC(=O)[C@H]1CCCN(Cc2ccc(F)cc2)C1)c1ccccc1. The van der Waals surface area contributed by atoms with Crippen LogP contribution < -0.4 is 10.2 Å². The van der Waals surface area contributed by atoms with E-state index >= 15 is 0 Å². The average Bonchev–Trinajstić information content (AvgIpc) is 2.73. The molecule has 1 amide bonds. The third-order valence-corrected chi connectivity index (χ3v) is 5.36. The number of benzene rings is 2. The number of hydrogen-bond acceptors (Lipinski definition) is 3. The zero-order valence-electron chi connectivity index (χ0n) is 16.6. The predicted molar refractivity (Wildman–Crippen MR) is 112 cm³/mol. The molecule has 1 N–H and O–H groups in total. The summed E-state index contributed by atoms with van der Waals surface area (Å²) in [6, 6.07) is 16.9. The molecule has 0 radical (unpaired) electrons. The van der Waals surface area contributed by atoms with Crippen LogP contribution in [0.3, 0.4) is 0 Å². The molecule has 0 unspecified atom stereocenters. The summed E-state index contributed by atoms with van der Waals surface area (Å²) in [6.45, 7) is 4.14. The van der Waals surface area contributed by atoms with Crippen LogP contribution in [0.15, 0.2) is 54.6 Å². The fourth-order valence-corrected chi connectivity index (χ4v) is 3.74. The summed E-state index contributed by atoms with van der Waals surface area (Å²) in [5.41, 5.74) is 2.28. The maximum absolute atomic E-state index is 13.1. The molecule has 0 aliphatic carbocycles. The van der Waals surface area contributed by atoms with E-state index in [1.807, 2.05) is 30.3 Å². The normalized spacial score (nSPS) is 17.3. The van der Waals surface area contributed by atoms with Crippen molar-refractivity contribution in [2.24, 2.45) is 5.92 Å². The Morgan fingerprint density at radius 1 is 1.18 bits per heavy atom. The van der Waals surface area contributed by atoms with E-state index < -0.39 is 0 Å². The third kappa shape index (κ3) is 6.06. The molecule has 4 nitrogen and oxygen atoms in total. The Morgan fingerprint density at radius 2 is 1.93 bits per heavy atom. The minimum absolute atomic E-state index is 0.0426. The van der Waals surface area contributed by atoms with Crippen molar-refractivity contribution in [1.82, 2.24) is 10.2 Å². The molecule has 0 spiro atoms. The maximum atomic E-state index is 13.1. The van der Waals surface area contributed by atoms with Crippen molar-refractivity contribution in [3.8, 4) is 0 Å². The van der Waals surface area contributed by atoms with Crippen LogP contribution in [-0.4, -0.2) is 44.0 Å². The van der Waals surface area contributed by atoms with Gasteiger partial charge in [-0.1, -0.05) is 30.3 Å². The molecule has 0 bridgehead atoms. The summed E-state index contributed by atoms with van der Waals surface area (Å²) < 4.78 is 13.1. The Bertz CT molecular complexity index is 735. The highest BCUT2D eigenvalue weighted by molar-refractivity contribution is 5.78. The Balaban J connectivity index is 1.38. The number of amides is 1. The van der Waals surface area contributed by atoms with E-state index in [9.17, 15) is 9.18 Å². The lowest BCUT2D eigenvalue weighted by molar-refractivity contribution is -0.126. The molecule has 0 saturated carbocycles. The zero-order chi connectivity index (χ0) is 19.8. The number of anilines is 1. The van der Waals surface area contributed by atoms with Crippen LogP contribution in [0.5, 0.6) is 0 Å². The van der Waals surface area contributed by atoms with E-state index in [-0.39, 0.29) is 17.6 Å². The molecule has 1 aliphatic heterocycles. The van der Waals surface area contributed by atoms with Gasteiger partial charge in [0, 0.05) is 38.9 Å². The van der Waals surface area contributed by atoms with Gasteiger partial charge in [-0.25, -0.2) is 4.39 Å². The van der Waals surface area contributed by atoms with Gasteiger partial charge in [0.1, 0.15) is 5.82 Å². The fraction of sp³-hybridized carbons (Fsp3) is 0.435. The second kappa shape index (κ2) is 10.2. The molecule has 1 aliphatic rings. The standard InChI is InChI=1S/C23H30FN3O/c1-26(22-8-3-2-4-9-22)15-6-14-25-23(28)20-7-5-16-27(18-20)17-19-10-12-21(24)13-11-19/h2-4,8-13,20H,5-7,14-18H2,1H3,(H,25,28)/t20-/m0/s1. The van der Waals surface area contributed by atoms with Gasteiger partial charge in [-0.15, -0.1) is 0 Å². The Kier molecular flexibility index (Phi) is 7.43. The van der Waals surface area contributed by atoms with Crippen LogP contribution in [0.25, 0.3) is 0 Å². The number of nitrogens with zero attached hydrogens (tertiary/aromatic N) is 2. The first kappa shape index (κ1) is 20.3. The van der Waals surface area contributed by atoms with E-state index in [0.29, 0.717) is 6.54 Å². The second-order valence-electron chi connectivity index (χ2n) is 7.60. The van der Waals surface area contributed by atoms with Crippen LogP contribution in [-0.2, 0) is 11.3 Å². The van der Waals surface area contributed by atoms with Gasteiger partial charge in [-0.2, -0.15) is 0 Å². The fourth-order valence-electron chi connectivity index (χ4n) is 3.74. The van der Waals surface area contributed by atoms with Crippen LogP contribution in [0.4, 0.5) is 10.1 Å². The molecule has 0 aromatic heterocycles. The molecule has 1 saturated heterocycles. The highest BCUT2D eigenvalue weighted by Crippen LogP contribution is 2.19. The van der Waals surface area contributed by atoms with E-state index in [0.717, 1.165) is 51.0 Å². The Labute approximate surface area is 167 Å². The Hall–Kier alpha value is -2.40. The van der Waals surface area contributed by atoms with Gasteiger partial charge < -0.3 is 10.2 Å². The van der Waals surface area contributed by atoms with E-state index in [1.54, 1.807) is 0 Å². The summed E-state index contributed by atoms with van der Waals surface area (Å²) in [5, 5.41) is 3.11. The van der Waals surface area contributed by atoms with Crippen LogP contribution >= 0.6 is 0 Å². The number of carbonyl (C=O) groups excluding carboxylic acids is 1. The monoisotopic (exact) mass is 383 g/mol. The Morgan fingerprint density at radius 3 is 2.68 bits per heavy atom. The number of piperidine rings is 1. The quantitative estimate of drug-likeness (QED) is 0.707. The van der Waals surface area contributed by atoms with Crippen LogP contribution in [0.2, 0.25) is 0 Å². The first-order chi connectivity index (χ1) is 13.6. The van der Waals surface area contributed by atoms with E-state index in [1.165, 1.54) is 17.8 Å². The van der Waals surface area contributed by atoms with Crippen molar-refractivity contribution < 1.29 is 9.18 Å². The molecule has 1 heterocycles. The highest BCUT2D eigenvalue weighted by Gasteiger charge is 2.25. The van der Waals surface area contributed by atoms with Crippen LogP contribution in [0.1, 0.15) is 24.8 Å². The maximum Gasteiger partial charge on any atom is 0.224 e. The summed E-state index contributed by atoms with van der Waals surface area (Å²) in [6.07, 6.45) is 2.88. The van der Waals surface area contributed by atoms with Crippen molar-refractivity contribution in [2.45, 2.75) is 25.8 Å². The zero-order valence-corrected chi connectivity index (χ0v) is 16.6. The third-order valence-electron chi connectivity index (χ3n) is 5.36. The average molecular weight is 384 g/mol. The van der Waals surface area contributed by atoms with Gasteiger partial charge in [0.25, 0.3) is 0 Å². The first-order valence-corrected chi connectivity index (χ1v) is 10.1. The molecule has 1 fully saturated rings. The molecular weight excluding hydrogens is 353 g/mol. The minimum Gasteiger partial charge on any atom is -0.375 e. The number of likely N-dealkylation sites (tertiary alicyclic amines) is 1. The van der Waals surface area contributed by atoms with Crippen molar-refractivity contribution >= 4 is 11.6 Å². The lowest BCUT2D eigenvalue weighted by atomic mass is 9.96. The second-order valence-corrected chi connectivity index (χ2v) is 7.60. The molecule has 150 valence electrons. The van der Waals surface area contributed by atoms with E-state index in [2.05, 4.69) is 34.3 Å². The summed E-state index contributed by atoms with van der Waals surface area (Å²) in [4.78, 5) is 17.1. The van der Waals surface area contributed by atoms with Gasteiger partial charge >= 0.3 is 0 Å². The minimum atomic E-state index is -0.211. The van der Waals surface area contributed by atoms with Crippen molar-refractivity contribution in [1.29, 1.82) is 0 Å². The van der Waals surface area contributed by atoms with E-state index in [4.69, 9.17) is 0 Å². The lowest BCUT2D eigenvalue weighted by Crippen LogP contribution is -2.43. The van der Waals surface area contributed by atoms with Crippen molar-refractivity contribution in [3.05, 3.63) is 66.0 Å². The molecule has 5 heteroatoms. The van der Waals surface area contributed by atoms with Gasteiger partial charge in [-0.05, 0) is 55.6 Å². The molecule has 2 aromatic rings. The lowest BCUT2D eigenvalue weighted by Gasteiger charge is -2.32. The van der Waals surface area contributed by atoms with Gasteiger partial charge in [0.15, 0.2) is 0 Å². The number of hydrogen-bond donors (Lipinski definition) is 1. The van der Waals surface area contributed by atoms with Gasteiger partial charge in [-0.3, -0.25) is 9.69 Å². The summed E-state index contributed by atoms with van der Waals surface area (Å²) in [5.74, 6) is -0.00946. The number of halogens is 1. The predicted octanol–water partition coefficient (Wildman–Crippen LogP) is 3.68. The smallest absolute Gasteiger partial charge is 0.224 e. The topological polar surface area (TPSA) is 35.6 Å². The van der Waals surface area contributed by atoms with Gasteiger partial charge in [0.05, 0.1) is 5.92 Å². The highest BCUT2D eigenvalue weighted by atomic mass is 19.1. The summed E-state index contributed by atoms with van der Waals surface area (Å²) in [7, 11) is 2.08. The molecule has 28 heavy (non-hydrogen) atoms. The largest absolute Gasteiger partial charge is 0.375 e. The van der Waals surface area contributed by atoms with Crippen LogP contribution in [0, 0.1) is 11.7 Å². The van der Waals surface area contributed by atoms with Crippen molar-refractivity contribution in [3.63, 3.8) is 0 Å². The van der Waals surface area contributed by atoms with Crippen molar-refractivity contribution in [2.75, 3.05) is 38.1 Å². The molecular formula is C23H30FN3O. The number of carbonyl (C=O) groups is 1. The molecule has 1 atom stereocenters. The van der Waals surface area contributed by atoms with Gasteiger partial charge in [0.2, 0.25) is 5.91 Å². The first-order valence-electron chi connectivity index (χ1n) is 10.1. The molecule has 3 rings (SSSR count). The number of nitrogens with one attached hydrogen (secondary N) is 1.